The first-order valence-electron chi connectivity index (χ1n) is 5.73. The van der Waals surface area contributed by atoms with Crippen LogP contribution < -0.4 is 0 Å². The summed E-state index contributed by atoms with van der Waals surface area (Å²) in [5.74, 6) is 1.68. The molecule has 0 fully saturated rings. The van der Waals surface area contributed by atoms with Crippen LogP contribution in [0.1, 0.15) is 16.7 Å². The van der Waals surface area contributed by atoms with Crippen molar-refractivity contribution >= 4 is 27.7 Å². The highest BCUT2D eigenvalue weighted by Gasteiger charge is 2.02. The molecule has 0 heterocycles. The molecule has 0 saturated heterocycles. The number of aryl methyl sites for hydroxylation is 1. The summed E-state index contributed by atoms with van der Waals surface area (Å²) >= 11 is 5.06. The number of halogens is 2. The molecule has 0 N–H and O–H groups in total. The van der Waals surface area contributed by atoms with Crippen LogP contribution in [0, 0.1) is 12.7 Å². The number of thioether (sulfide) groups is 1. The van der Waals surface area contributed by atoms with E-state index in [4.69, 9.17) is 0 Å². The molecule has 0 aliphatic heterocycles. The Morgan fingerprint density at radius 2 is 1.89 bits per heavy atom. The summed E-state index contributed by atoms with van der Waals surface area (Å²) in [7, 11) is 0. The molecule has 18 heavy (non-hydrogen) atoms. The number of rotatable bonds is 4. The van der Waals surface area contributed by atoms with Gasteiger partial charge >= 0.3 is 0 Å². The van der Waals surface area contributed by atoms with Gasteiger partial charge in [0.1, 0.15) is 5.82 Å². The molecule has 2 aromatic carbocycles. The lowest BCUT2D eigenvalue weighted by Gasteiger charge is -2.06. The molecule has 0 radical (unpaired) electrons. The average molecular weight is 325 g/mol. The molecule has 0 aliphatic rings. The number of hydrogen-bond donors (Lipinski definition) is 0. The maximum Gasteiger partial charge on any atom is 0.137 e. The fourth-order valence-corrected chi connectivity index (χ4v) is 3.17. The Hall–Kier alpha value is -0.800. The molecular formula is C15H14BrFS. The smallest absolute Gasteiger partial charge is 0.137 e. The summed E-state index contributed by atoms with van der Waals surface area (Å²) in [4.78, 5) is 0. The molecule has 94 valence electrons. The van der Waals surface area contributed by atoms with Gasteiger partial charge in [-0.25, -0.2) is 4.39 Å². The van der Waals surface area contributed by atoms with Gasteiger partial charge in [-0.2, -0.15) is 11.8 Å². The predicted molar refractivity (Wildman–Crippen MR) is 80.3 cm³/mol. The molecule has 2 rings (SSSR count). The second-order valence-electron chi connectivity index (χ2n) is 4.17. The van der Waals surface area contributed by atoms with Gasteiger partial charge in [0.15, 0.2) is 0 Å². The topological polar surface area (TPSA) is 0 Å². The van der Waals surface area contributed by atoms with E-state index in [2.05, 4.69) is 47.1 Å². The quantitative estimate of drug-likeness (QED) is 0.732. The van der Waals surface area contributed by atoms with Crippen LogP contribution in [0.3, 0.4) is 0 Å². The molecule has 0 amide bonds. The third-order valence-corrected chi connectivity index (χ3v) is 4.43. The Balaban J connectivity index is 1.92. The van der Waals surface area contributed by atoms with E-state index >= 15 is 0 Å². The normalized spacial score (nSPS) is 10.6. The van der Waals surface area contributed by atoms with Crippen molar-refractivity contribution in [1.82, 2.24) is 0 Å². The Kier molecular flexibility index (Phi) is 4.84. The lowest BCUT2D eigenvalue weighted by molar-refractivity contribution is 0.620. The minimum atomic E-state index is -0.206. The monoisotopic (exact) mass is 324 g/mol. The summed E-state index contributed by atoms with van der Waals surface area (Å²) in [5, 5.41) is 0. The maximum absolute atomic E-state index is 13.1. The molecule has 0 bridgehead atoms. The summed E-state index contributed by atoms with van der Waals surface area (Å²) in [6.45, 7) is 2.13. The van der Waals surface area contributed by atoms with Gasteiger partial charge in [0, 0.05) is 11.5 Å². The van der Waals surface area contributed by atoms with E-state index in [1.807, 2.05) is 23.9 Å². The van der Waals surface area contributed by atoms with Gasteiger partial charge in [0.2, 0.25) is 0 Å². The van der Waals surface area contributed by atoms with Crippen molar-refractivity contribution in [1.29, 1.82) is 0 Å². The zero-order valence-electron chi connectivity index (χ0n) is 10.1. The Bertz CT molecular complexity index is 540. The minimum absolute atomic E-state index is 0.206. The molecule has 3 heteroatoms. The molecule has 0 atom stereocenters. The Morgan fingerprint density at radius 1 is 1.11 bits per heavy atom. The van der Waals surface area contributed by atoms with Crippen LogP contribution in [0.25, 0.3) is 0 Å². The molecule has 0 nitrogen and oxygen atoms in total. The average Bonchev–Trinajstić information content (AvgIpc) is 2.36. The molecular weight excluding hydrogens is 311 g/mol. The number of benzene rings is 2. The van der Waals surface area contributed by atoms with E-state index in [0.29, 0.717) is 4.47 Å². The first-order valence-corrected chi connectivity index (χ1v) is 7.68. The van der Waals surface area contributed by atoms with Crippen LogP contribution in [0.5, 0.6) is 0 Å². The van der Waals surface area contributed by atoms with E-state index in [9.17, 15) is 4.39 Å². The fourth-order valence-electron chi connectivity index (χ4n) is 1.68. The SMILES string of the molecule is Cc1ccccc1CSCc1ccc(F)c(Br)c1. The van der Waals surface area contributed by atoms with Gasteiger partial charge < -0.3 is 0 Å². The molecule has 0 aliphatic carbocycles. The van der Waals surface area contributed by atoms with Crippen LogP contribution in [-0.2, 0) is 11.5 Å². The van der Waals surface area contributed by atoms with Gasteiger partial charge in [-0.3, -0.25) is 0 Å². The highest BCUT2D eigenvalue weighted by molar-refractivity contribution is 9.10. The third-order valence-electron chi connectivity index (χ3n) is 2.77. The maximum atomic E-state index is 13.1. The lowest BCUT2D eigenvalue weighted by atomic mass is 10.1. The highest BCUT2D eigenvalue weighted by atomic mass is 79.9. The van der Waals surface area contributed by atoms with Gasteiger partial charge in [-0.1, -0.05) is 30.3 Å². The molecule has 2 aromatic rings. The van der Waals surface area contributed by atoms with Crippen LogP contribution in [0.2, 0.25) is 0 Å². The molecule has 0 unspecified atom stereocenters. The van der Waals surface area contributed by atoms with Crippen molar-refractivity contribution in [3.05, 3.63) is 69.4 Å². The lowest BCUT2D eigenvalue weighted by Crippen LogP contribution is -1.88. The zero-order valence-corrected chi connectivity index (χ0v) is 12.5. The highest BCUT2D eigenvalue weighted by Crippen LogP contribution is 2.23. The summed E-state index contributed by atoms with van der Waals surface area (Å²) in [5.41, 5.74) is 3.83. The predicted octanol–water partition coefficient (Wildman–Crippen LogP) is 5.33. The van der Waals surface area contributed by atoms with Crippen LogP contribution in [0.4, 0.5) is 4.39 Å². The van der Waals surface area contributed by atoms with Gasteiger partial charge in [0.05, 0.1) is 4.47 Å². The second kappa shape index (κ2) is 6.39. The van der Waals surface area contributed by atoms with Crippen molar-refractivity contribution < 1.29 is 4.39 Å². The first kappa shape index (κ1) is 13.6. The van der Waals surface area contributed by atoms with Crippen molar-refractivity contribution in [2.75, 3.05) is 0 Å². The number of hydrogen-bond acceptors (Lipinski definition) is 1. The van der Waals surface area contributed by atoms with Gasteiger partial charge in [-0.15, -0.1) is 0 Å². The largest absolute Gasteiger partial charge is 0.206 e. The molecule has 0 spiro atoms. The van der Waals surface area contributed by atoms with E-state index in [-0.39, 0.29) is 5.82 Å². The zero-order chi connectivity index (χ0) is 13.0. The third kappa shape index (κ3) is 3.59. The van der Waals surface area contributed by atoms with Gasteiger partial charge in [-0.05, 0) is 51.7 Å². The summed E-state index contributed by atoms with van der Waals surface area (Å²) in [6, 6.07) is 13.6. The van der Waals surface area contributed by atoms with Crippen molar-refractivity contribution in [2.24, 2.45) is 0 Å². The molecule has 0 aromatic heterocycles. The Morgan fingerprint density at radius 3 is 2.61 bits per heavy atom. The van der Waals surface area contributed by atoms with E-state index in [1.54, 1.807) is 0 Å². The van der Waals surface area contributed by atoms with E-state index in [0.717, 1.165) is 17.1 Å². The van der Waals surface area contributed by atoms with E-state index < -0.39 is 0 Å². The second-order valence-corrected chi connectivity index (χ2v) is 6.01. The van der Waals surface area contributed by atoms with Crippen molar-refractivity contribution in [3.8, 4) is 0 Å². The fraction of sp³-hybridized carbons (Fsp3) is 0.200. The first-order chi connectivity index (χ1) is 8.66. The van der Waals surface area contributed by atoms with Crippen molar-refractivity contribution in [3.63, 3.8) is 0 Å². The van der Waals surface area contributed by atoms with Crippen molar-refractivity contribution in [2.45, 2.75) is 18.4 Å². The van der Waals surface area contributed by atoms with Crippen LogP contribution in [0.15, 0.2) is 46.9 Å². The Labute approximate surface area is 120 Å². The minimum Gasteiger partial charge on any atom is -0.206 e. The summed E-state index contributed by atoms with van der Waals surface area (Å²) < 4.78 is 13.6. The van der Waals surface area contributed by atoms with E-state index in [1.165, 1.54) is 17.2 Å². The van der Waals surface area contributed by atoms with Gasteiger partial charge in [0.25, 0.3) is 0 Å². The standard InChI is InChI=1S/C15H14BrFS/c1-11-4-2-3-5-13(11)10-18-9-12-6-7-15(17)14(16)8-12/h2-8H,9-10H2,1H3. The summed E-state index contributed by atoms with van der Waals surface area (Å²) in [6.07, 6.45) is 0. The molecule has 0 saturated carbocycles. The van der Waals surface area contributed by atoms with Crippen LogP contribution in [-0.4, -0.2) is 0 Å². The van der Waals surface area contributed by atoms with Crippen LogP contribution >= 0.6 is 27.7 Å².